The summed E-state index contributed by atoms with van der Waals surface area (Å²) in [6.07, 6.45) is 5.57. The van der Waals surface area contributed by atoms with Crippen LogP contribution in [-0.2, 0) is 6.54 Å². The zero-order chi connectivity index (χ0) is 19.8. The third kappa shape index (κ3) is 3.40. The van der Waals surface area contributed by atoms with E-state index in [1.807, 2.05) is 42.2 Å². The van der Waals surface area contributed by atoms with E-state index in [4.69, 9.17) is 4.74 Å². The lowest BCUT2D eigenvalue weighted by molar-refractivity contribution is 0.291. The van der Waals surface area contributed by atoms with Gasteiger partial charge in [-0.3, -0.25) is 9.67 Å². The maximum absolute atomic E-state index is 5.86. The number of hydrogen-bond acceptors (Lipinski definition) is 3. The van der Waals surface area contributed by atoms with Crippen LogP contribution in [0.3, 0.4) is 0 Å². The highest BCUT2D eigenvalue weighted by Crippen LogP contribution is 2.36. The number of pyridine rings is 1. The van der Waals surface area contributed by atoms with Crippen molar-refractivity contribution >= 4 is 37.7 Å². The largest absolute Gasteiger partial charge is 0.492 e. The first kappa shape index (κ1) is 17.9. The first-order valence-electron chi connectivity index (χ1n) is 9.46. The Kier molecular flexibility index (Phi) is 4.56. The van der Waals surface area contributed by atoms with Gasteiger partial charge in [-0.2, -0.15) is 5.10 Å². The highest BCUT2D eigenvalue weighted by atomic mass is 79.9. The molecule has 0 aliphatic rings. The summed E-state index contributed by atoms with van der Waals surface area (Å²) < 4.78 is 8.77. The summed E-state index contributed by atoms with van der Waals surface area (Å²) in [7, 11) is 0. The molecule has 0 unspecified atom stereocenters. The monoisotopic (exact) mass is 446 g/mol. The number of nitrogens with one attached hydrogen (secondary N) is 1. The van der Waals surface area contributed by atoms with Gasteiger partial charge >= 0.3 is 0 Å². The van der Waals surface area contributed by atoms with Crippen molar-refractivity contribution in [2.45, 2.75) is 13.5 Å². The molecule has 0 spiro atoms. The third-order valence-corrected chi connectivity index (χ3v) is 5.56. The van der Waals surface area contributed by atoms with Gasteiger partial charge < -0.3 is 9.72 Å². The number of aromatic amines is 1. The Labute approximate surface area is 176 Å². The van der Waals surface area contributed by atoms with Crippen LogP contribution in [0.5, 0.6) is 5.75 Å². The fourth-order valence-electron chi connectivity index (χ4n) is 3.68. The molecule has 0 radical (unpaired) electrons. The van der Waals surface area contributed by atoms with E-state index in [1.54, 1.807) is 6.20 Å². The average molecular weight is 447 g/mol. The molecule has 0 aliphatic heterocycles. The molecule has 0 fully saturated rings. The smallest absolute Gasteiger partial charge is 0.119 e. The molecule has 0 amide bonds. The van der Waals surface area contributed by atoms with Gasteiger partial charge in [0.25, 0.3) is 0 Å². The molecule has 3 aromatic heterocycles. The van der Waals surface area contributed by atoms with Gasteiger partial charge in [-0.05, 0) is 48.9 Å². The second kappa shape index (κ2) is 7.37. The van der Waals surface area contributed by atoms with Gasteiger partial charge in [0, 0.05) is 39.4 Å². The molecule has 5 rings (SSSR count). The van der Waals surface area contributed by atoms with Crippen LogP contribution in [0.15, 0.2) is 71.6 Å². The van der Waals surface area contributed by atoms with Crippen molar-refractivity contribution < 1.29 is 4.74 Å². The van der Waals surface area contributed by atoms with Crippen LogP contribution in [0, 0.1) is 6.92 Å². The van der Waals surface area contributed by atoms with Crippen LogP contribution in [0.4, 0.5) is 0 Å². The molecule has 144 valence electrons. The second-order valence-electron chi connectivity index (χ2n) is 6.96. The molecule has 5 nitrogen and oxygen atoms in total. The molecule has 29 heavy (non-hydrogen) atoms. The van der Waals surface area contributed by atoms with Crippen molar-refractivity contribution in [2.75, 3.05) is 6.61 Å². The molecule has 1 N–H and O–H groups in total. The SMILES string of the molecule is Cc1nccc2c1[nH]c1c(-c3ccc(OCCn4cccn4)cc3)cc(Br)cc12. The van der Waals surface area contributed by atoms with Crippen molar-refractivity contribution in [3.8, 4) is 16.9 Å². The quantitative estimate of drug-likeness (QED) is 0.375. The van der Waals surface area contributed by atoms with Crippen molar-refractivity contribution in [3.63, 3.8) is 0 Å². The Bertz CT molecular complexity index is 1290. The summed E-state index contributed by atoms with van der Waals surface area (Å²) in [5, 5.41) is 6.56. The third-order valence-electron chi connectivity index (χ3n) is 5.10. The maximum Gasteiger partial charge on any atom is 0.119 e. The molecule has 3 heterocycles. The van der Waals surface area contributed by atoms with Gasteiger partial charge in [-0.15, -0.1) is 0 Å². The molecule has 0 bridgehead atoms. The van der Waals surface area contributed by atoms with Crippen LogP contribution in [0.1, 0.15) is 5.69 Å². The Morgan fingerprint density at radius 1 is 1.03 bits per heavy atom. The molecule has 6 heteroatoms. The molecule has 0 atom stereocenters. The van der Waals surface area contributed by atoms with Crippen LogP contribution in [-0.4, -0.2) is 26.4 Å². The summed E-state index contributed by atoms with van der Waals surface area (Å²) in [5.41, 5.74) is 5.48. The van der Waals surface area contributed by atoms with E-state index >= 15 is 0 Å². The topological polar surface area (TPSA) is 55.7 Å². The Morgan fingerprint density at radius 3 is 2.69 bits per heavy atom. The number of ether oxygens (including phenoxy) is 1. The molecule has 0 saturated heterocycles. The van der Waals surface area contributed by atoms with E-state index in [2.05, 4.69) is 61.3 Å². The summed E-state index contributed by atoms with van der Waals surface area (Å²) in [5.74, 6) is 0.851. The minimum atomic E-state index is 0.580. The number of aryl methyl sites for hydroxylation is 1. The van der Waals surface area contributed by atoms with Crippen molar-refractivity contribution in [2.24, 2.45) is 0 Å². The Morgan fingerprint density at radius 2 is 1.90 bits per heavy atom. The van der Waals surface area contributed by atoms with Crippen LogP contribution in [0.25, 0.3) is 32.9 Å². The number of benzene rings is 2. The van der Waals surface area contributed by atoms with Gasteiger partial charge in [0.05, 0.1) is 23.3 Å². The van der Waals surface area contributed by atoms with Crippen molar-refractivity contribution in [1.29, 1.82) is 0 Å². The first-order valence-corrected chi connectivity index (χ1v) is 10.3. The molecule has 0 aliphatic carbocycles. The minimum Gasteiger partial charge on any atom is -0.492 e. The number of rotatable bonds is 5. The zero-order valence-corrected chi connectivity index (χ0v) is 17.5. The summed E-state index contributed by atoms with van der Waals surface area (Å²) >= 11 is 3.67. The minimum absolute atomic E-state index is 0.580. The van der Waals surface area contributed by atoms with Crippen LogP contribution in [0.2, 0.25) is 0 Å². The standard InChI is InChI=1S/C23H19BrN4O/c1-15-22-19(7-9-25-15)21-14-17(24)13-20(23(21)27-22)16-3-5-18(6-4-16)29-12-11-28-10-2-8-26-28/h2-10,13-14,27H,11-12H2,1H3. The Balaban J connectivity index is 1.47. The molecular weight excluding hydrogens is 428 g/mol. The van der Waals surface area contributed by atoms with Gasteiger partial charge in [-0.1, -0.05) is 28.1 Å². The number of hydrogen-bond donors (Lipinski definition) is 1. The summed E-state index contributed by atoms with van der Waals surface area (Å²) in [4.78, 5) is 8.00. The van der Waals surface area contributed by atoms with Crippen LogP contribution < -0.4 is 4.74 Å². The second-order valence-corrected chi connectivity index (χ2v) is 7.88. The van der Waals surface area contributed by atoms with E-state index in [1.165, 1.54) is 10.8 Å². The first-order chi connectivity index (χ1) is 14.2. The molecule has 5 aromatic rings. The number of halogens is 1. The van der Waals surface area contributed by atoms with Gasteiger partial charge in [0.2, 0.25) is 0 Å². The van der Waals surface area contributed by atoms with E-state index < -0.39 is 0 Å². The molecule has 2 aromatic carbocycles. The fraction of sp³-hybridized carbons (Fsp3) is 0.130. The van der Waals surface area contributed by atoms with E-state index in [0.717, 1.165) is 44.6 Å². The van der Waals surface area contributed by atoms with Crippen molar-refractivity contribution in [3.05, 3.63) is 77.3 Å². The number of aromatic nitrogens is 4. The van der Waals surface area contributed by atoms with Gasteiger partial charge in [0.1, 0.15) is 12.4 Å². The van der Waals surface area contributed by atoms with Gasteiger partial charge in [-0.25, -0.2) is 0 Å². The van der Waals surface area contributed by atoms with E-state index in [0.29, 0.717) is 6.61 Å². The fourth-order valence-corrected chi connectivity index (χ4v) is 4.13. The normalized spacial score (nSPS) is 11.4. The summed E-state index contributed by atoms with van der Waals surface area (Å²) in [6, 6.07) is 16.5. The predicted octanol–water partition coefficient (Wildman–Crippen LogP) is 5.73. The van der Waals surface area contributed by atoms with Crippen LogP contribution >= 0.6 is 15.9 Å². The predicted molar refractivity (Wildman–Crippen MR) is 119 cm³/mol. The van der Waals surface area contributed by atoms with Gasteiger partial charge in [0.15, 0.2) is 0 Å². The summed E-state index contributed by atoms with van der Waals surface area (Å²) in [6.45, 7) is 3.34. The number of nitrogens with zero attached hydrogens (tertiary/aromatic N) is 3. The maximum atomic E-state index is 5.86. The number of H-pyrrole nitrogens is 1. The van der Waals surface area contributed by atoms with Crippen molar-refractivity contribution in [1.82, 2.24) is 19.7 Å². The number of fused-ring (bicyclic) bond motifs is 3. The molecule has 0 saturated carbocycles. The van der Waals surface area contributed by atoms with E-state index in [9.17, 15) is 0 Å². The highest BCUT2D eigenvalue weighted by Gasteiger charge is 2.13. The lowest BCUT2D eigenvalue weighted by Crippen LogP contribution is -2.08. The Hall–Kier alpha value is -3.12. The molecular formula is C23H19BrN4O. The lowest BCUT2D eigenvalue weighted by Gasteiger charge is -2.09. The lowest BCUT2D eigenvalue weighted by atomic mass is 10.0. The zero-order valence-electron chi connectivity index (χ0n) is 15.9. The van der Waals surface area contributed by atoms with E-state index in [-0.39, 0.29) is 0 Å². The highest BCUT2D eigenvalue weighted by molar-refractivity contribution is 9.10. The average Bonchev–Trinajstić information content (AvgIpc) is 3.37.